The Kier molecular flexibility index (Phi) is 5.83. The van der Waals surface area contributed by atoms with Crippen molar-refractivity contribution in [3.63, 3.8) is 0 Å². The second kappa shape index (κ2) is 10.6. The predicted molar refractivity (Wildman–Crippen MR) is 212 cm³/mol. The van der Waals surface area contributed by atoms with E-state index in [0.29, 0.717) is 0 Å². The van der Waals surface area contributed by atoms with Crippen LogP contribution in [0.25, 0.3) is 103 Å². The smallest absolute Gasteiger partial charge is 0.197 e. The Morgan fingerprint density at radius 2 is 1.04 bits per heavy atom. The van der Waals surface area contributed by atoms with E-state index < -0.39 is 0 Å². The van der Waals surface area contributed by atoms with Gasteiger partial charge in [0.05, 0.1) is 15.9 Å². The first-order chi connectivity index (χ1) is 24.8. The third kappa shape index (κ3) is 3.91. The fraction of sp³-hybridized carbons (Fsp3) is 0. The summed E-state index contributed by atoms with van der Waals surface area (Å²) in [7, 11) is 0. The minimum Gasteiger partial charge on any atom is -0.267 e. The summed E-state index contributed by atoms with van der Waals surface area (Å²) in [4.78, 5) is 11.5. The van der Waals surface area contributed by atoms with Crippen molar-refractivity contribution in [3.8, 4) is 33.5 Å². The van der Waals surface area contributed by atoms with E-state index in [1.54, 1.807) is 11.3 Å². The first-order valence-electron chi connectivity index (χ1n) is 16.9. The summed E-state index contributed by atoms with van der Waals surface area (Å²) in [6, 6.07) is 59.0. The van der Waals surface area contributed by atoms with Gasteiger partial charge in [0, 0.05) is 16.3 Å². The van der Waals surface area contributed by atoms with Crippen molar-refractivity contribution in [2.75, 3.05) is 0 Å². The molecule has 232 valence electrons. The minimum atomic E-state index is 0.895. The van der Waals surface area contributed by atoms with Crippen LogP contribution in [0.2, 0.25) is 0 Å². The Hall–Kier alpha value is -6.36. The molecule has 3 aromatic heterocycles. The Morgan fingerprint density at radius 3 is 1.78 bits per heavy atom. The molecule has 11 rings (SSSR count). The summed E-state index contributed by atoms with van der Waals surface area (Å²) in [5.41, 5.74) is 10.1. The molecule has 0 aliphatic rings. The molecule has 50 heavy (non-hydrogen) atoms. The van der Waals surface area contributed by atoms with Crippen molar-refractivity contribution >= 4 is 80.8 Å². The van der Waals surface area contributed by atoms with Crippen LogP contribution in [0, 0.1) is 0 Å². The van der Waals surface area contributed by atoms with Gasteiger partial charge in [-0.15, -0.1) is 0 Å². The van der Waals surface area contributed by atoms with Gasteiger partial charge in [-0.05, 0) is 66.7 Å². The van der Waals surface area contributed by atoms with E-state index in [-0.39, 0.29) is 0 Å². The molecule has 0 saturated heterocycles. The Balaban J connectivity index is 1.18. The molecular formula is C46H27N3S. The molecule has 0 bridgehead atoms. The molecule has 0 unspecified atom stereocenters. The molecule has 11 aromatic rings. The number of nitrogens with zero attached hydrogens (tertiary/aromatic N) is 3. The average Bonchev–Trinajstić information content (AvgIpc) is 3.73. The van der Waals surface area contributed by atoms with Crippen LogP contribution in [0.4, 0.5) is 0 Å². The summed E-state index contributed by atoms with van der Waals surface area (Å²) < 4.78 is 3.44. The van der Waals surface area contributed by atoms with Gasteiger partial charge < -0.3 is 0 Å². The van der Waals surface area contributed by atoms with Crippen LogP contribution in [-0.4, -0.2) is 14.4 Å². The largest absolute Gasteiger partial charge is 0.267 e. The van der Waals surface area contributed by atoms with Crippen molar-refractivity contribution in [3.05, 3.63) is 164 Å². The van der Waals surface area contributed by atoms with E-state index in [4.69, 9.17) is 9.97 Å². The first-order valence-corrected chi connectivity index (χ1v) is 17.7. The highest BCUT2D eigenvalue weighted by Gasteiger charge is 2.21. The van der Waals surface area contributed by atoms with Crippen LogP contribution in [0.1, 0.15) is 0 Å². The van der Waals surface area contributed by atoms with Crippen LogP contribution >= 0.6 is 11.3 Å². The minimum absolute atomic E-state index is 0.895. The normalized spacial score (nSPS) is 12.0. The van der Waals surface area contributed by atoms with Crippen molar-refractivity contribution in [1.29, 1.82) is 0 Å². The Bertz CT molecular complexity index is 3090. The summed E-state index contributed by atoms with van der Waals surface area (Å²) in [6.45, 7) is 0. The predicted octanol–water partition coefficient (Wildman–Crippen LogP) is 12.7. The zero-order chi connectivity index (χ0) is 32.8. The van der Waals surface area contributed by atoms with Gasteiger partial charge >= 0.3 is 0 Å². The van der Waals surface area contributed by atoms with Crippen molar-refractivity contribution in [2.24, 2.45) is 0 Å². The monoisotopic (exact) mass is 653 g/mol. The van der Waals surface area contributed by atoms with Gasteiger partial charge in [-0.2, -0.15) is 0 Å². The number of aromatic nitrogens is 3. The second-order valence-corrected chi connectivity index (χ2v) is 13.9. The molecule has 0 saturated carbocycles. The fourth-order valence-electron chi connectivity index (χ4n) is 8.05. The van der Waals surface area contributed by atoms with E-state index in [1.165, 1.54) is 59.3 Å². The molecule has 0 amide bonds. The van der Waals surface area contributed by atoms with Crippen molar-refractivity contribution in [2.45, 2.75) is 0 Å². The summed E-state index contributed by atoms with van der Waals surface area (Å²) in [5, 5.41) is 9.78. The molecule has 0 N–H and O–H groups in total. The summed E-state index contributed by atoms with van der Waals surface area (Å²) in [5.74, 6) is 0. The number of hydrogen-bond acceptors (Lipinski definition) is 3. The number of thiazole rings is 1. The van der Waals surface area contributed by atoms with Crippen LogP contribution in [-0.2, 0) is 0 Å². The molecule has 3 heterocycles. The van der Waals surface area contributed by atoms with Gasteiger partial charge in [0.15, 0.2) is 10.6 Å². The number of imidazole rings is 1. The highest BCUT2D eigenvalue weighted by molar-refractivity contribution is 7.23. The lowest BCUT2D eigenvalue weighted by atomic mass is 9.85. The third-order valence-electron chi connectivity index (χ3n) is 10.2. The number of pyridine rings is 1. The van der Waals surface area contributed by atoms with E-state index >= 15 is 0 Å². The van der Waals surface area contributed by atoms with Gasteiger partial charge in [-0.3, -0.25) is 4.40 Å². The molecule has 0 aliphatic heterocycles. The van der Waals surface area contributed by atoms with Gasteiger partial charge in [0.25, 0.3) is 0 Å². The second-order valence-electron chi connectivity index (χ2n) is 12.9. The van der Waals surface area contributed by atoms with Crippen LogP contribution in [0.15, 0.2) is 164 Å². The average molecular weight is 654 g/mol. The van der Waals surface area contributed by atoms with E-state index in [9.17, 15) is 0 Å². The maximum Gasteiger partial charge on any atom is 0.197 e. The Morgan fingerprint density at radius 1 is 0.440 bits per heavy atom. The van der Waals surface area contributed by atoms with Crippen molar-refractivity contribution in [1.82, 2.24) is 14.4 Å². The summed E-state index contributed by atoms with van der Waals surface area (Å²) >= 11 is 1.73. The summed E-state index contributed by atoms with van der Waals surface area (Å²) in [6.07, 6.45) is 0. The molecule has 0 fully saturated rings. The molecule has 0 radical (unpaired) electrons. The van der Waals surface area contributed by atoms with Gasteiger partial charge in [0.2, 0.25) is 0 Å². The fourth-order valence-corrected chi connectivity index (χ4v) is 9.11. The van der Waals surface area contributed by atoms with E-state index in [1.807, 2.05) is 0 Å². The standard InChI is InChI=1S/C46H27N3S/c1-2-14-29(15-3-1)43-37-22-10-11-23-38(37)44-45(47-43)49-39-26-25-30(27-40(39)50-46(49)48-44)41-33-18-6-8-20-35(33)42(36-21-9-7-19-34(36)41)32-24-12-16-28-13-4-5-17-31(28)32/h1-27H. The number of hydrogen-bond donors (Lipinski definition) is 0. The zero-order valence-electron chi connectivity index (χ0n) is 26.8. The maximum absolute atomic E-state index is 5.31. The van der Waals surface area contributed by atoms with E-state index in [2.05, 4.69) is 168 Å². The molecule has 0 aliphatic carbocycles. The highest BCUT2D eigenvalue weighted by atomic mass is 32.1. The van der Waals surface area contributed by atoms with Gasteiger partial charge in [-0.1, -0.05) is 163 Å². The quantitative estimate of drug-likeness (QED) is 0.178. The SMILES string of the molecule is c1ccc(-c2nc3c(nc4sc5cc(-c6c7ccccc7c(-c7cccc8ccccc78)c7ccccc67)ccc5n43)c3ccccc23)cc1. The van der Waals surface area contributed by atoms with E-state index in [0.717, 1.165) is 43.7 Å². The van der Waals surface area contributed by atoms with Crippen LogP contribution in [0.5, 0.6) is 0 Å². The van der Waals surface area contributed by atoms with Crippen LogP contribution < -0.4 is 0 Å². The first kappa shape index (κ1) is 27.6. The molecular weight excluding hydrogens is 627 g/mol. The third-order valence-corrected chi connectivity index (χ3v) is 11.2. The highest BCUT2D eigenvalue weighted by Crippen LogP contribution is 2.46. The number of rotatable bonds is 3. The zero-order valence-corrected chi connectivity index (χ0v) is 27.7. The molecule has 3 nitrogen and oxygen atoms in total. The number of fused-ring (bicyclic) bond motifs is 10. The maximum atomic E-state index is 5.31. The molecule has 0 atom stereocenters. The molecule has 0 spiro atoms. The number of benzene rings is 8. The molecule has 4 heteroatoms. The van der Waals surface area contributed by atoms with Crippen molar-refractivity contribution < 1.29 is 0 Å². The Labute approximate surface area is 291 Å². The van der Waals surface area contributed by atoms with Gasteiger partial charge in [0.1, 0.15) is 5.52 Å². The van der Waals surface area contributed by atoms with Gasteiger partial charge in [-0.25, -0.2) is 9.97 Å². The van der Waals surface area contributed by atoms with Crippen LogP contribution in [0.3, 0.4) is 0 Å². The lowest BCUT2D eigenvalue weighted by molar-refractivity contribution is 1.27. The topological polar surface area (TPSA) is 30.2 Å². The molecule has 8 aromatic carbocycles. The lowest BCUT2D eigenvalue weighted by Gasteiger charge is -2.18. The lowest BCUT2D eigenvalue weighted by Crippen LogP contribution is -1.92.